The number of nitrogens with one attached hydrogen (secondary N) is 1. The molecule has 1 heterocycles. The maximum absolute atomic E-state index is 12.5. The number of rotatable bonds is 5. The maximum atomic E-state index is 12.5. The highest BCUT2D eigenvalue weighted by molar-refractivity contribution is 5.65. The van der Waals surface area contributed by atoms with E-state index in [2.05, 4.69) is 24.1 Å². The van der Waals surface area contributed by atoms with E-state index >= 15 is 0 Å². The lowest BCUT2D eigenvalue weighted by Gasteiger charge is -2.12. The monoisotopic (exact) mass is 261 g/mol. The van der Waals surface area contributed by atoms with Crippen molar-refractivity contribution in [3.8, 4) is 0 Å². The summed E-state index contributed by atoms with van der Waals surface area (Å²) in [5, 5.41) is 2.92. The van der Waals surface area contributed by atoms with Crippen LogP contribution in [0.2, 0.25) is 0 Å². The highest BCUT2D eigenvalue weighted by Gasteiger charge is 2.32. The van der Waals surface area contributed by atoms with E-state index in [4.69, 9.17) is 5.73 Å². The molecule has 0 saturated carbocycles. The topological polar surface area (TPSA) is 50.9 Å². The van der Waals surface area contributed by atoms with Gasteiger partial charge >= 0.3 is 6.18 Å². The third-order valence-corrected chi connectivity index (χ3v) is 2.50. The Morgan fingerprint density at radius 3 is 2.61 bits per heavy atom. The predicted octanol–water partition coefficient (Wildman–Crippen LogP) is 3.53. The largest absolute Gasteiger partial charge is 0.433 e. The Kier molecular flexibility index (Phi) is 4.81. The van der Waals surface area contributed by atoms with Crippen LogP contribution >= 0.6 is 0 Å². The fraction of sp³-hybridized carbons (Fsp3) is 0.583. The summed E-state index contributed by atoms with van der Waals surface area (Å²) in [5.74, 6) is 0.576. The van der Waals surface area contributed by atoms with E-state index in [1.165, 1.54) is 0 Å². The van der Waals surface area contributed by atoms with Gasteiger partial charge in [-0.15, -0.1) is 0 Å². The smallest absolute Gasteiger partial charge is 0.396 e. The molecule has 0 saturated heterocycles. The molecule has 6 heteroatoms. The molecule has 0 unspecified atom stereocenters. The van der Waals surface area contributed by atoms with Gasteiger partial charge in [-0.1, -0.05) is 13.8 Å². The molecule has 3 N–H and O–H groups in total. The zero-order valence-corrected chi connectivity index (χ0v) is 10.5. The van der Waals surface area contributed by atoms with Crippen molar-refractivity contribution < 1.29 is 13.2 Å². The third-order valence-electron chi connectivity index (χ3n) is 2.50. The van der Waals surface area contributed by atoms with Crippen LogP contribution in [0.4, 0.5) is 24.5 Å². The summed E-state index contributed by atoms with van der Waals surface area (Å²) in [6, 6.07) is 0.949. The van der Waals surface area contributed by atoms with Crippen LogP contribution in [0.15, 0.2) is 12.3 Å². The Balaban J connectivity index is 2.64. The van der Waals surface area contributed by atoms with Gasteiger partial charge in [-0.2, -0.15) is 13.2 Å². The number of hydrogen-bond acceptors (Lipinski definition) is 3. The third kappa shape index (κ3) is 4.43. The van der Waals surface area contributed by atoms with Crippen molar-refractivity contribution in [3.63, 3.8) is 0 Å². The lowest BCUT2D eigenvalue weighted by atomic mass is 10.1. The summed E-state index contributed by atoms with van der Waals surface area (Å²) in [4.78, 5) is 3.28. The van der Waals surface area contributed by atoms with Gasteiger partial charge in [0.2, 0.25) is 0 Å². The van der Waals surface area contributed by atoms with Crippen molar-refractivity contribution in [2.75, 3.05) is 17.6 Å². The molecule has 102 valence electrons. The SMILES string of the molecule is CC(C)CCCNc1cc(C(F)(F)F)ncc1N. The van der Waals surface area contributed by atoms with E-state index < -0.39 is 11.9 Å². The van der Waals surface area contributed by atoms with E-state index in [1.54, 1.807) is 0 Å². The molecule has 1 rings (SSSR count). The van der Waals surface area contributed by atoms with Crippen molar-refractivity contribution in [2.45, 2.75) is 32.9 Å². The lowest BCUT2D eigenvalue weighted by molar-refractivity contribution is -0.141. The standard InChI is InChI=1S/C12H18F3N3/c1-8(2)4-3-5-17-10-6-11(12(13,14)15)18-7-9(10)16/h6-8H,3-5,16H2,1-2H3,(H,17,18). The highest BCUT2D eigenvalue weighted by atomic mass is 19.4. The summed E-state index contributed by atoms with van der Waals surface area (Å²) in [5.41, 5.74) is 5.18. The average Bonchev–Trinajstić information content (AvgIpc) is 2.24. The van der Waals surface area contributed by atoms with Gasteiger partial charge in [0.05, 0.1) is 17.6 Å². The fourth-order valence-electron chi connectivity index (χ4n) is 1.51. The molecule has 0 amide bonds. The molecule has 0 aliphatic heterocycles. The molecule has 1 aromatic heterocycles. The predicted molar refractivity (Wildman–Crippen MR) is 66.2 cm³/mol. The number of anilines is 2. The zero-order chi connectivity index (χ0) is 13.8. The van der Waals surface area contributed by atoms with Crippen molar-refractivity contribution in [2.24, 2.45) is 5.92 Å². The summed E-state index contributed by atoms with van der Waals surface area (Å²) < 4.78 is 37.4. The Labute approximate surface area is 105 Å². The van der Waals surface area contributed by atoms with Gasteiger partial charge in [-0.05, 0) is 24.8 Å². The number of nitrogens with two attached hydrogens (primary N) is 1. The van der Waals surface area contributed by atoms with Crippen molar-refractivity contribution >= 4 is 11.4 Å². The van der Waals surface area contributed by atoms with E-state index in [0.717, 1.165) is 25.1 Å². The summed E-state index contributed by atoms with van der Waals surface area (Å²) in [7, 11) is 0. The van der Waals surface area contributed by atoms with Crippen LogP contribution in [0.25, 0.3) is 0 Å². The van der Waals surface area contributed by atoms with Crippen LogP contribution < -0.4 is 11.1 Å². The van der Waals surface area contributed by atoms with Crippen LogP contribution in [-0.4, -0.2) is 11.5 Å². The molecule has 0 fully saturated rings. The maximum Gasteiger partial charge on any atom is 0.433 e. The first-order chi connectivity index (χ1) is 8.30. The number of nitrogens with zero attached hydrogens (tertiary/aromatic N) is 1. The zero-order valence-electron chi connectivity index (χ0n) is 10.5. The van der Waals surface area contributed by atoms with Gasteiger partial charge in [0.25, 0.3) is 0 Å². The minimum atomic E-state index is -4.44. The van der Waals surface area contributed by atoms with Crippen molar-refractivity contribution in [1.82, 2.24) is 4.98 Å². The molecule has 0 aromatic carbocycles. The van der Waals surface area contributed by atoms with E-state index in [1.807, 2.05) is 0 Å². The lowest BCUT2D eigenvalue weighted by Crippen LogP contribution is -2.11. The Morgan fingerprint density at radius 2 is 2.06 bits per heavy atom. The molecule has 0 aliphatic carbocycles. The molecule has 0 spiro atoms. The van der Waals surface area contributed by atoms with Gasteiger partial charge in [0.15, 0.2) is 0 Å². The fourth-order valence-corrected chi connectivity index (χ4v) is 1.51. The van der Waals surface area contributed by atoms with Gasteiger partial charge in [0, 0.05) is 6.54 Å². The molecule has 0 atom stereocenters. The molecule has 0 aliphatic rings. The Morgan fingerprint density at radius 1 is 1.39 bits per heavy atom. The molecular weight excluding hydrogens is 243 g/mol. The molecule has 18 heavy (non-hydrogen) atoms. The molecule has 0 radical (unpaired) electrons. The van der Waals surface area contributed by atoms with E-state index in [-0.39, 0.29) is 5.69 Å². The number of pyridine rings is 1. The number of hydrogen-bond donors (Lipinski definition) is 2. The molecule has 3 nitrogen and oxygen atoms in total. The minimum Gasteiger partial charge on any atom is -0.396 e. The number of aromatic nitrogens is 1. The molecule has 1 aromatic rings. The minimum absolute atomic E-state index is 0.229. The Bertz CT molecular complexity index is 389. The first-order valence-electron chi connectivity index (χ1n) is 5.87. The van der Waals surface area contributed by atoms with Crippen LogP contribution in [0.5, 0.6) is 0 Å². The highest BCUT2D eigenvalue weighted by Crippen LogP contribution is 2.31. The molecule has 0 bridgehead atoms. The number of halogens is 3. The van der Waals surface area contributed by atoms with Crippen molar-refractivity contribution in [3.05, 3.63) is 18.0 Å². The summed E-state index contributed by atoms with van der Waals surface area (Å²) in [6.45, 7) is 4.80. The number of nitrogen functional groups attached to an aromatic ring is 1. The number of alkyl halides is 3. The Hall–Kier alpha value is -1.46. The summed E-state index contributed by atoms with van der Waals surface area (Å²) >= 11 is 0. The molecular formula is C12H18F3N3. The van der Waals surface area contributed by atoms with Gasteiger partial charge in [-0.3, -0.25) is 0 Å². The van der Waals surface area contributed by atoms with Crippen LogP contribution in [0.3, 0.4) is 0 Å². The summed E-state index contributed by atoms with van der Waals surface area (Å²) in [6.07, 6.45) is -1.50. The quantitative estimate of drug-likeness (QED) is 0.797. The second-order valence-corrected chi connectivity index (χ2v) is 4.62. The van der Waals surface area contributed by atoms with Crippen molar-refractivity contribution in [1.29, 1.82) is 0 Å². The average molecular weight is 261 g/mol. The first kappa shape index (κ1) is 14.6. The second kappa shape index (κ2) is 5.93. The second-order valence-electron chi connectivity index (χ2n) is 4.62. The first-order valence-corrected chi connectivity index (χ1v) is 5.87. The normalized spacial score (nSPS) is 11.9. The van der Waals surface area contributed by atoms with Crippen LogP contribution in [-0.2, 0) is 6.18 Å². The van der Waals surface area contributed by atoms with Crippen LogP contribution in [0, 0.1) is 5.92 Å². The van der Waals surface area contributed by atoms with Gasteiger partial charge < -0.3 is 11.1 Å². The van der Waals surface area contributed by atoms with Gasteiger partial charge in [-0.25, -0.2) is 4.98 Å². The van der Waals surface area contributed by atoms with E-state index in [9.17, 15) is 13.2 Å². The van der Waals surface area contributed by atoms with E-state index in [0.29, 0.717) is 18.2 Å². The van der Waals surface area contributed by atoms with Gasteiger partial charge in [0.1, 0.15) is 5.69 Å². The van der Waals surface area contributed by atoms with Crippen LogP contribution in [0.1, 0.15) is 32.4 Å².